The number of esters is 1. The van der Waals surface area contributed by atoms with Gasteiger partial charge in [-0.1, -0.05) is 48.5 Å². The zero-order chi connectivity index (χ0) is 18.2. The van der Waals surface area contributed by atoms with Crippen molar-refractivity contribution >= 4 is 29.6 Å². The predicted octanol–water partition coefficient (Wildman–Crippen LogP) is 4.90. The van der Waals surface area contributed by atoms with Gasteiger partial charge in [0.05, 0.1) is 6.10 Å². The monoisotopic (exact) mass is 354 g/mol. The van der Waals surface area contributed by atoms with Gasteiger partial charge in [0, 0.05) is 10.6 Å². The minimum Gasteiger partial charge on any atom is -0.459 e. The quantitative estimate of drug-likeness (QED) is 0.233. The Hall–Kier alpha value is -2.33. The first-order chi connectivity index (χ1) is 12.0. The van der Waals surface area contributed by atoms with Crippen LogP contribution in [0.3, 0.4) is 0 Å². The Balaban J connectivity index is 2.25. The molecule has 0 N–H and O–H groups in total. The van der Waals surface area contributed by atoms with Crippen molar-refractivity contribution in [3.8, 4) is 0 Å². The summed E-state index contributed by atoms with van der Waals surface area (Å²) in [4.78, 5) is 25.1. The molecule has 0 aromatic heterocycles. The van der Waals surface area contributed by atoms with Crippen molar-refractivity contribution in [2.24, 2.45) is 0 Å². The van der Waals surface area contributed by atoms with Crippen LogP contribution in [0, 0.1) is 0 Å². The molecule has 0 aliphatic carbocycles. The number of hydrogen-bond acceptors (Lipinski definition) is 4. The molecule has 0 amide bonds. The molecule has 25 heavy (non-hydrogen) atoms. The van der Waals surface area contributed by atoms with E-state index in [1.807, 2.05) is 42.5 Å². The Morgan fingerprint density at radius 3 is 2.32 bits per heavy atom. The smallest absolute Gasteiger partial charge is 0.342 e. The largest absolute Gasteiger partial charge is 0.459 e. The molecule has 2 aromatic carbocycles. The van der Waals surface area contributed by atoms with Gasteiger partial charge in [-0.15, -0.1) is 11.8 Å². The molecule has 0 aliphatic rings. The number of carbonyl (C=O) groups excluding carboxylic acids is 2. The van der Waals surface area contributed by atoms with Gasteiger partial charge in [0.15, 0.2) is 5.78 Å². The predicted molar refractivity (Wildman–Crippen MR) is 102 cm³/mol. The van der Waals surface area contributed by atoms with Crippen LogP contribution in [0.25, 0.3) is 6.08 Å². The van der Waals surface area contributed by atoms with E-state index in [1.54, 1.807) is 31.7 Å². The molecule has 0 spiro atoms. The Kier molecular flexibility index (Phi) is 7.02. The second-order valence-corrected chi connectivity index (χ2v) is 6.90. The van der Waals surface area contributed by atoms with Crippen molar-refractivity contribution < 1.29 is 14.3 Å². The van der Waals surface area contributed by atoms with E-state index in [0.29, 0.717) is 0 Å². The summed E-state index contributed by atoms with van der Waals surface area (Å²) < 4.78 is 5.18. The lowest BCUT2D eigenvalue weighted by Crippen LogP contribution is -2.17. The fourth-order valence-corrected chi connectivity index (χ4v) is 3.19. The van der Waals surface area contributed by atoms with Gasteiger partial charge in [0.25, 0.3) is 0 Å². The van der Waals surface area contributed by atoms with Gasteiger partial charge in [-0.25, -0.2) is 4.79 Å². The topological polar surface area (TPSA) is 43.4 Å². The van der Waals surface area contributed by atoms with Gasteiger partial charge in [-0.05, 0) is 44.0 Å². The van der Waals surface area contributed by atoms with E-state index >= 15 is 0 Å². The molecule has 4 heteroatoms. The highest BCUT2D eigenvalue weighted by Crippen LogP contribution is 2.28. The third-order valence-electron chi connectivity index (χ3n) is 3.40. The zero-order valence-corrected chi connectivity index (χ0v) is 15.5. The van der Waals surface area contributed by atoms with Gasteiger partial charge in [0.2, 0.25) is 0 Å². The first-order valence-corrected chi connectivity index (χ1v) is 9.15. The molecule has 0 atom stereocenters. The molecule has 0 saturated carbocycles. The maximum Gasteiger partial charge on any atom is 0.342 e. The molecule has 0 heterocycles. The number of ether oxygens (including phenoxy) is 1. The van der Waals surface area contributed by atoms with Crippen molar-refractivity contribution in [3.05, 3.63) is 71.3 Å². The van der Waals surface area contributed by atoms with Crippen LogP contribution in [0.2, 0.25) is 0 Å². The molecule has 130 valence electrons. The number of thioether (sulfide) groups is 1. The normalized spacial score (nSPS) is 11.4. The summed E-state index contributed by atoms with van der Waals surface area (Å²) in [6, 6.07) is 17.9. The maximum atomic E-state index is 12.2. The van der Waals surface area contributed by atoms with Crippen molar-refractivity contribution in [1.29, 1.82) is 0 Å². The summed E-state index contributed by atoms with van der Waals surface area (Å²) in [5, 5.41) is 0. The van der Waals surface area contributed by atoms with Crippen LogP contribution in [-0.2, 0) is 20.1 Å². The number of carbonyl (C=O) groups is 2. The lowest BCUT2D eigenvalue weighted by Gasteiger charge is -2.10. The first-order valence-electron chi connectivity index (χ1n) is 8.16. The summed E-state index contributed by atoms with van der Waals surface area (Å²) in [5.74, 6) is -0.0590. The molecule has 0 radical (unpaired) electrons. The highest BCUT2D eigenvalue weighted by Gasteiger charge is 2.18. The molecular weight excluding hydrogens is 332 g/mol. The van der Waals surface area contributed by atoms with Gasteiger partial charge < -0.3 is 4.74 Å². The number of benzene rings is 2. The van der Waals surface area contributed by atoms with Gasteiger partial charge in [0.1, 0.15) is 5.57 Å². The SMILES string of the molecule is CC(=O)C(=Cc1ccccc1SCc1ccccc1)C(=O)OC(C)C. The fraction of sp³-hybridized carbons (Fsp3) is 0.238. The minimum absolute atomic E-state index is 0.0708. The summed E-state index contributed by atoms with van der Waals surface area (Å²) in [7, 11) is 0. The third-order valence-corrected chi connectivity index (χ3v) is 4.56. The van der Waals surface area contributed by atoms with Gasteiger partial charge >= 0.3 is 5.97 Å². The summed E-state index contributed by atoms with van der Waals surface area (Å²) >= 11 is 1.67. The number of Topliss-reactive ketones (excluding diaryl/α,β-unsaturated/α-hetero) is 1. The molecular formula is C21H22O3S. The average molecular weight is 354 g/mol. The maximum absolute atomic E-state index is 12.2. The molecule has 3 nitrogen and oxygen atoms in total. The van der Waals surface area contributed by atoms with E-state index < -0.39 is 5.97 Å². The highest BCUT2D eigenvalue weighted by atomic mass is 32.2. The van der Waals surface area contributed by atoms with Gasteiger partial charge in [-0.2, -0.15) is 0 Å². The van der Waals surface area contributed by atoms with Crippen molar-refractivity contribution in [2.45, 2.75) is 37.5 Å². The Bertz CT molecular complexity index is 764. The minimum atomic E-state index is -0.578. The molecule has 0 unspecified atom stereocenters. The molecule has 0 bridgehead atoms. The highest BCUT2D eigenvalue weighted by molar-refractivity contribution is 7.98. The van der Waals surface area contributed by atoms with Crippen LogP contribution in [0.1, 0.15) is 31.9 Å². The summed E-state index contributed by atoms with van der Waals surface area (Å²) in [6.45, 7) is 4.91. The van der Waals surface area contributed by atoms with Crippen molar-refractivity contribution in [1.82, 2.24) is 0 Å². The van der Waals surface area contributed by atoms with Crippen molar-refractivity contribution in [2.75, 3.05) is 0 Å². The molecule has 2 rings (SSSR count). The third kappa shape index (κ3) is 5.91. The van der Waals surface area contributed by atoms with Crippen LogP contribution in [0.5, 0.6) is 0 Å². The number of rotatable bonds is 7. The summed E-state index contributed by atoms with van der Waals surface area (Å²) in [6.07, 6.45) is 1.36. The van der Waals surface area contributed by atoms with Crippen LogP contribution in [0.15, 0.2) is 65.1 Å². The van der Waals surface area contributed by atoms with Gasteiger partial charge in [-0.3, -0.25) is 4.79 Å². The first kappa shape index (κ1) is 19.0. The standard InChI is InChI=1S/C21H22O3S/c1-15(2)24-21(23)19(16(3)22)13-18-11-7-8-12-20(18)25-14-17-9-5-4-6-10-17/h4-13,15H,14H2,1-3H3. The average Bonchev–Trinajstić information content (AvgIpc) is 2.58. The Labute approximate surface area is 153 Å². The van der Waals surface area contributed by atoms with Crippen LogP contribution in [-0.4, -0.2) is 17.9 Å². The molecule has 0 aliphatic heterocycles. The van der Waals surface area contributed by atoms with E-state index in [1.165, 1.54) is 12.5 Å². The lowest BCUT2D eigenvalue weighted by molar-refractivity contribution is -0.143. The second-order valence-electron chi connectivity index (χ2n) is 5.88. The van der Waals surface area contributed by atoms with E-state index in [0.717, 1.165) is 16.2 Å². The Morgan fingerprint density at radius 2 is 1.68 bits per heavy atom. The van der Waals surface area contributed by atoms with Crippen LogP contribution in [0.4, 0.5) is 0 Å². The molecule has 2 aromatic rings. The lowest BCUT2D eigenvalue weighted by atomic mass is 10.1. The number of hydrogen-bond donors (Lipinski definition) is 0. The Morgan fingerprint density at radius 1 is 1.04 bits per heavy atom. The van der Waals surface area contributed by atoms with E-state index in [-0.39, 0.29) is 17.5 Å². The summed E-state index contributed by atoms with van der Waals surface area (Å²) in [5.41, 5.74) is 2.13. The van der Waals surface area contributed by atoms with E-state index in [4.69, 9.17) is 4.74 Å². The second kappa shape index (κ2) is 9.23. The zero-order valence-electron chi connectivity index (χ0n) is 14.7. The van der Waals surface area contributed by atoms with Crippen molar-refractivity contribution in [3.63, 3.8) is 0 Å². The molecule has 0 fully saturated rings. The molecule has 0 saturated heterocycles. The fourth-order valence-electron chi connectivity index (χ4n) is 2.20. The van der Waals surface area contributed by atoms with E-state index in [2.05, 4.69) is 12.1 Å². The van der Waals surface area contributed by atoms with E-state index in [9.17, 15) is 9.59 Å². The van der Waals surface area contributed by atoms with Crippen LogP contribution < -0.4 is 0 Å². The number of ketones is 1. The van der Waals surface area contributed by atoms with Crippen LogP contribution >= 0.6 is 11.8 Å².